The molecule has 0 saturated heterocycles. The van der Waals surface area contributed by atoms with Gasteiger partial charge in [0.2, 0.25) is 0 Å². The second kappa shape index (κ2) is 12.6. The van der Waals surface area contributed by atoms with Crippen LogP contribution in [0.1, 0.15) is 28.3 Å². The van der Waals surface area contributed by atoms with Crippen LogP contribution in [0.4, 0.5) is 10.5 Å². The van der Waals surface area contributed by atoms with Crippen LogP contribution >= 0.6 is 23.2 Å². The summed E-state index contributed by atoms with van der Waals surface area (Å²) < 4.78 is 36.7. The molecule has 8 nitrogen and oxygen atoms in total. The lowest BCUT2D eigenvalue weighted by atomic mass is 9.93. The number of nitrogens with one attached hydrogen (secondary N) is 1. The number of carbonyl (C=O) groups excluding carboxylic acids is 1. The highest BCUT2D eigenvalue weighted by molar-refractivity contribution is 7.87. The Hall–Kier alpha value is -3.76. The first-order chi connectivity index (χ1) is 20.1. The lowest BCUT2D eigenvalue weighted by Gasteiger charge is -2.32. The van der Waals surface area contributed by atoms with Crippen molar-refractivity contribution in [3.8, 4) is 11.5 Å². The van der Waals surface area contributed by atoms with Crippen molar-refractivity contribution in [3.63, 3.8) is 0 Å². The molecule has 0 saturated carbocycles. The zero-order valence-corrected chi connectivity index (χ0v) is 24.9. The molecule has 0 radical (unpaired) electrons. The molecule has 0 bridgehead atoms. The van der Waals surface area contributed by atoms with Crippen molar-refractivity contribution in [1.29, 1.82) is 0 Å². The number of phenolic OH excluding ortho intramolecular Hbond substituents is 1. The van der Waals surface area contributed by atoms with Gasteiger partial charge in [-0.15, -0.1) is 0 Å². The number of aromatic hydroxyl groups is 1. The molecule has 4 aromatic carbocycles. The number of aryl methyl sites for hydroxylation is 1. The Labute approximate surface area is 254 Å². The molecule has 42 heavy (non-hydrogen) atoms. The van der Waals surface area contributed by atoms with Crippen LogP contribution in [0.25, 0.3) is 0 Å². The van der Waals surface area contributed by atoms with Crippen molar-refractivity contribution in [1.82, 2.24) is 5.32 Å². The third-order valence-electron chi connectivity index (χ3n) is 6.90. The first-order valence-electron chi connectivity index (χ1n) is 13.1. The highest BCUT2D eigenvalue weighted by Gasteiger charge is 2.29. The molecular weight excluding hydrogens is 599 g/mol. The number of hydrogen-bond acceptors (Lipinski definition) is 7. The highest BCUT2D eigenvalue weighted by Crippen LogP contribution is 2.37. The van der Waals surface area contributed by atoms with E-state index in [2.05, 4.69) is 5.32 Å². The summed E-state index contributed by atoms with van der Waals surface area (Å²) in [6.07, 6.45) is -0.0438. The molecule has 2 N–H and O–H groups in total. The Morgan fingerprint density at radius 2 is 1.74 bits per heavy atom. The molecule has 0 aromatic heterocycles. The Bertz CT molecular complexity index is 1700. The van der Waals surface area contributed by atoms with Gasteiger partial charge in [-0.05, 0) is 79.0 Å². The Morgan fingerprint density at radius 3 is 2.45 bits per heavy atom. The Morgan fingerprint density at radius 1 is 1.00 bits per heavy atom. The number of phenols is 1. The topological polar surface area (TPSA) is 105 Å². The first-order valence-corrected chi connectivity index (χ1v) is 15.3. The van der Waals surface area contributed by atoms with Crippen LogP contribution in [-0.2, 0) is 27.9 Å². The van der Waals surface area contributed by atoms with E-state index in [4.69, 9.17) is 32.1 Å². The van der Waals surface area contributed by atoms with E-state index in [9.17, 15) is 18.3 Å². The molecule has 218 valence electrons. The van der Waals surface area contributed by atoms with Gasteiger partial charge >= 0.3 is 16.2 Å². The van der Waals surface area contributed by atoms with Crippen molar-refractivity contribution in [2.75, 3.05) is 18.0 Å². The number of anilines is 1. The fourth-order valence-corrected chi connectivity index (χ4v) is 5.91. The van der Waals surface area contributed by atoms with Gasteiger partial charge in [-0.1, -0.05) is 71.2 Å². The number of benzene rings is 4. The summed E-state index contributed by atoms with van der Waals surface area (Å²) in [5, 5.41) is 14.8. The number of carbonyl (C=O) groups is 1. The van der Waals surface area contributed by atoms with E-state index >= 15 is 0 Å². The summed E-state index contributed by atoms with van der Waals surface area (Å²) >= 11 is 12.4. The lowest BCUT2D eigenvalue weighted by molar-refractivity contribution is 0.146. The van der Waals surface area contributed by atoms with E-state index in [-0.39, 0.29) is 34.6 Å². The summed E-state index contributed by atoms with van der Waals surface area (Å²) in [5.41, 5.74) is 3.68. The molecule has 1 aliphatic heterocycles. The molecule has 1 aliphatic rings. The number of fused-ring (bicyclic) bond motifs is 1. The number of amides is 1. The van der Waals surface area contributed by atoms with E-state index in [1.165, 1.54) is 29.2 Å². The summed E-state index contributed by atoms with van der Waals surface area (Å²) in [5.74, 6) is -0.510. The van der Waals surface area contributed by atoms with Crippen LogP contribution in [0.5, 0.6) is 11.5 Å². The third-order valence-corrected chi connectivity index (χ3v) is 8.88. The summed E-state index contributed by atoms with van der Waals surface area (Å²) in [4.78, 5) is 14.8. The Kier molecular flexibility index (Phi) is 8.93. The molecule has 1 unspecified atom stereocenters. The van der Waals surface area contributed by atoms with Gasteiger partial charge in [0.05, 0.1) is 16.1 Å². The molecule has 1 atom stereocenters. The largest absolute Gasteiger partial charge is 0.504 e. The second-order valence-corrected chi connectivity index (χ2v) is 12.2. The van der Waals surface area contributed by atoms with E-state index in [1.54, 1.807) is 30.3 Å². The van der Waals surface area contributed by atoms with Crippen molar-refractivity contribution in [2.45, 2.75) is 30.9 Å². The number of ether oxygens (including phenoxy) is 1. The van der Waals surface area contributed by atoms with Gasteiger partial charge < -0.3 is 19.3 Å². The molecule has 4 aromatic rings. The van der Waals surface area contributed by atoms with Crippen molar-refractivity contribution >= 4 is 45.1 Å². The van der Waals surface area contributed by atoms with Gasteiger partial charge in [0.25, 0.3) is 0 Å². The van der Waals surface area contributed by atoms with Gasteiger partial charge in [-0.3, -0.25) is 4.90 Å². The number of halogens is 2. The first kappa shape index (κ1) is 29.7. The van der Waals surface area contributed by atoms with Gasteiger partial charge in [0, 0.05) is 12.2 Å². The van der Waals surface area contributed by atoms with E-state index < -0.39 is 22.3 Å². The number of nitrogens with zero attached hydrogens (tertiary/aromatic N) is 1. The smallest absolute Gasteiger partial charge is 0.414 e. The molecule has 11 heteroatoms. The predicted molar refractivity (Wildman–Crippen MR) is 162 cm³/mol. The average Bonchev–Trinajstić information content (AvgIpc) is 2.97. The van der Waals surface area contributed by atoms with Crippen LogP contribution in [0.3, 0.4) is 0 Å². The fraction of sp³-hybridized carbons (Fsp3) is 0.194. The van der Waals surface area contributed by atoms with Gasteiger partial charge in [0.1, 0.15) is 11.5 Å². The predicted octanol–water partition coefficient (Wildman–Crippen LogP) is 6.81. The molecule has 1 amide bonds. The normalized spacial score (nSPS) is 14.6. The van der Waals surface area contributed by atoms with Gasteiger partial charge in [-0.2, -0.15) is 8.42 Å². The minimum absolute atomic E-state index is 0.0175. The minimum Gasteiger partial charge on any atom is -0.504 e. The lowest BCUT2D eigenvalue weighted by Crippen LogP contribution is -2.42. The Balaban J connectivity index is 1.41. The van der Waals surface area contributed by atoms with Crippen LogP contribution in [0, 0.1) is 6.92 Å². The SMILES string of the molecule is Cc1ccc(S(=O)(=O)Oc2cc3c(cc2O)C(CN(C(=O)OCc2ccccc2)c2ccc(Cl)c(Cl)c2)NCC3)cc1. The van der Waals surface area contributed by atoms with Crippen molar-refractivity contribution < 1.29 is 27.2 Å². The summed E-state index contributed by atoms with van der Waals surface area (Å²) in [7, 11) is -4.16. The number of rotatable bonds is 8. The summed E-state index contributed by atoms with van der Waals surface area (Å²) in [6, 6.07) is 23.0. The van der Waals surface area contributed by atoms with E-state index in [0.29, 0.717) is 29.2 Å². The molecule has 5 rings (SSSR count). The monoisotopic (exact) mass is 626 g/mol. The zero-order chi connectivity index (χ0) is 29.9. The molecule has 0 fully saturated rings. The highest BCUT2D eigenvalue weighted by atomic mass is 35.5. The van der Waals surface area contributed by atoms with Crippen LogP contribution in [-0.4, -0.2) is 32.7 Å². The maximum Gasteiger partial charge on any atom is 0.414 e. The molecule has 0 spiro atoms. The average molecular weight is 628 g/mol. The van der Waals surface area contributed by atoms with Gasteiger partial charge in [-0.25, -0.2) is 4.79 Å². The maximum absolute atomic E-state index is 13.4. The van der Waals surface area contributed by atoms with Crippen LogP contribution in [0.2, 0.25) is 10.0 Å². The molecule has 1 heterocycles. The van der Waals surface area contributed by atoms with Gasteiger partial charge in [0.15, 0.2) is 11.5 Å². The quantitative estimate of drug-likeness (QED) is 0.207. The summed E-state index contributed by atoms with van der Waals surface area (Å²) in [6.45, 7) is 2.59. The van der Waals surface area contributed by atoms with Crippen LogP contribution < -0.4 is 14.4 Å². The minimum atomic E-state index is -4.16. The zero-order valence-electron chi connectivity index (χ0n) is 22.6. The molecule has 0 aliphatic carbocycles. The molecular formula is C31H28Cl2N2O6S. The standard InChI is InChI=1S/C31H28Cl2N2O6S/c1-20-7-10-24(11-8-20)42(38,39)41-30-15-22-13-14-34-28(25(22)17-29(30)36)18-35(23-9-12-26(32)27(33)16-23)31(37)40-19-21-5-3-2-4-6-21/h2-12,15-17,28,34,36H,13-14,18-19H2,1H3. The third kappa shape index (κ3) is 6.82. The van der Waals surface area contributed by atoms with E-state index in [0.717, 1.165) is 16.7 Å². The maximum atomic E-state index is 13.4. The second-order valence-electron chi connectivity index (χ2n) is 9.88. The van der Waals surface area contributed by atoms with Crippen LogP contribution in [0.15, 0.2) is 89.8 Å². The van der Waals surface area contributed by atoms with E-state index in [1.807, 2.05) is 37.3 Å². The fourth-order valence-electron chi connectivity index (χ4n) is 4.68. The van der Waals surface area contributed by atoms with Crippen molar-refractivity contribution in [2.24, 2.45) is 0 Å². The van der Waals surface area contributed by atoms with Crippen molar-refractivity contribution in [3.05, 3.63) is 117 Å². The number of hydrogen-bond donors (Lipinski definition) is 2.